The summed E-state index contributed by atoms with van der Waals surface area (Å²) in [7, 11) is 0. The van der Waals surface area contributed by atoms with Crippen LogP contribution in [0.4, 0.5) is 15.1 Å². The minimum Gasteiger partial charge on any atom is -0.489 e. The summed E-state index contributed by atoms with van der Waals surface area (Å²) in [6, 6.07) is 23.6. The summed E-state index contributed by atoms with van der Waals surface area (Å²) in [5, 5.41) is 3.76. The van der Waals surface area contributed by atoms with Gasteiger partial charge in [0.1, 0.15) is 23.2 Å². The van der Waals surface area contributed by atoms with Gasteiger partial charge in [-0.2, -0.15) is 0 Å². The van der Waals surface area contributed by atoms with Crippen LogP contribution >= 0.6 is 11.3 Å². The molecule has 0 unspecified atom stereocenters. The van der Waals surface area contributed by atoms with E-state index in [9.17, 15) is 9.18 Å². The fourth-order valence-corrected chi connectivity index (χ4v) is 5.38. The second-order valence-corrected chi connectivity index (χ2v) is 9.50. The molecule has 4 nitrogen and oxygen atoms in total. The van der Waals surface area contributed by atoms with E-state index < -0.39 is 0 Å². The third-order valence-corrected chi connectivity index (χ3v) is 7.17. The number of fused-ring (bicyclic) bond motifs is 1. The number of para-hydroxylation sites is 1. The molecule has 0 saturated heterocycles. The molecule has 1 aliphatic carbocycles. The van der Waals surface area contributed by atoms with Crippen LogP contribution in [0.1, 0.15) is 44.8 Å². The van der Waals surface area contributed by atoms with Gasteiger partial charge in [0.25, 0.3) is 5.91 Å². The molecule has 0 atom stereocenters. The van der Waals surface area contributed by atoms with Crippen LogP contribution in [-0.4, -0.2) is 12.1 Å². The molecule has 1 heterocycles. The van der Waals surface area contributed by atoms with Gasteiger partial charge < -0.3 is 10.1 Å². The number of amides is 1. The number of aryl methyl sites for hydroxylation is 1. The number of ether oxygens (including phenoxy) is 1. The number of nitrogens with one attached hydrogen (secondary N) is 1. The van der Waals surface area contributed by atoms with Crippen LogP contribution in [0.2, 0.25) is 0 Å². The lowest BCUT2D eigenvalue weighted by molar-refractivity contribution is 0.102. The molecule has 1 amide bonds. The van der Waals surface area contributed by atoms with Crippen LogP contribution in [0, 0.1) is 5.82 Å². The van der Waals surface area contributed by atoms with E-state index >= 15 is 0 Å². The molecule has 0 saturated carbocycles. The first-order valence-corrected chi connectivity index (χ1v) is 12.5. The molecular formula is C29H25FN2O2S. The average molecular weight is 485 g/mol. The standard InChI is InChI=1S/C29H25FN2O2S/c30-25-12-6-4-8-21(25)19-34-23-16-14-20(15-17-23)18-31-29-27(24-11-5-7-13-26(24)35-29)28(33)32-22-9-2-1-3-10-22/h1-4,6,8-10,12,14-18H,5,7,11,13,19H2,(H,32,33). The molecule has 5 rings (SSSR count). The van der Waals surface area contributed by atoms with Gasteiger partial charge in [-0.3, -0.25) is 4.79 Å². The number of thiophene rings is 1. The zero-order valence-electron chi connectivity index (χ0n) is 19.2. The summed E-state index contributed by atoms with van der Waals surface area (Å²) < 4.78 is 19.5. The predicted octanol–water partition coefficient (Wildman–Crippen LogP) is 7.35. The minimum atomic E-state index is -0.276. The Balaban J connectivity index is 1.32. The Morgan fingerprint density at radius 2 is 1.71 bits per heavy atom. The Kier molecular flexibility index (Phi) is 7.00. The third-order valence-electron chi connectivity index (χ3n) is 5.97. The van der Waals surface area contributed by atoms with Crippen molar-refractivity contribution in [2.75, 3.05) is 5.32 Å². The Bertz CT molecular complexity index is 1350. The largest absolute Gasteiger partial charge is 0.489 e. The Labute approximate surface area is 208 Å². The summed E-state index contributed by atoms with van der Waals surface area (Å²) >= 11 is 1.61. The lowest BCUT2D eigenvalue weighted by Gasteiger charge is -2.12. The van der Waals surface area contributed by atoms with Crippen molar-refractivity contribution in [2.45, 2.75) is 32.3 Å². The summed E-state index contributed by atoms with van der Waals surface area (Å²) in [4.78, 5) is 19.2. The first-order chi connectivity index (χ1) is 17.2. The maximum atomic E-state index is 13.8. The van der Waals surface area contributed by atoms with E-state index in [-0.39, 0.29) is 18.3 Å². The molecule has 4 aromatic rings. The predicted molar refractivity (Wildman–Crippen MR) is 140 cm³/mol. The Hall–Kier alpha value is -3.77. The number of benzene rings is 3. The van der Waals surface area contributed by atoms with E-state index in [1.165, 1.54) is 10.9 Å². The maximum absolute atomic E-state index is 13.8. The summed E-state index contributed by atoms with van der Waals surface area (Å²) in [5.74, 6) is 0.265. The van der Waals surface area contributed by atoms with E-state index in [1.807, 2.05) is 54.6 Å². The lowest BCUT2D eigenvalue weighted by atomic mass is 9.95. The molecule has 3 aromatic carbocycles. The van der Waals surface area contributed by atoms with Gasteiger partial charge in [-0.15, -0.1) is 11.3 Å². The zero-order valence-corrected chi connectivity index (χ0v) is 20.0. The molecule has 0 radical (unpaired) electrons. The third kappa shape index (κ3) is 5.49. The Morgan fingerprint density at radius 3 is 2.51 bits per heavy atom. The Morgan fingerprint density at radius 1 is 0.971 bits per heavy atom. The van der Waals surface area contributed by atoms with Crippen molar-refractivity contribution in [1.82, 2.24) is 0 Å². The number of halogens is 1. The lowest BCUT2D eigenvalue weighted by Crippen LogP contribution is -2.14. The van der Waals surface area contributed by atoms with E-state index in [2.05, 4.69) is 5.32 Å². The van der Waals surface area contributed by atoms with Gasteiger partial charge in [-0.25, -0.2) is 9.38 Å². The van der Waals surface area contributed by atoms with E-state index in [0.717, 1.165) is 47.5 Å². The van der Waals surface area contributed by atoms with Crippen LogP contribution in [0.5, 0.6) is 5.75 Å². The smallest absolute Gasteiger partial charge is 0.259 e. The highest BCUT2D eigenvalue weighted by molar-refractivity contribution is 7.16. The number of nitrogens with zero attached hydrogens (tertiary/aromatic N) is 1. The van der Waals surface area contributed by atoms with Gasteiger partial charge in [0.15, 0.2) is 0 Å². The zero-order chi connectivity index (χ0) is 24.0. The first kappa shape index (κ1) is 23.0. The highest BCUT2D eigenvalue weighted by Crippen LogP contribution is 2.40. The van der Waals surface area contributed by atoms with Gasteiger partial charge in [-0.05, 0) is 79.3 Å². The fraction of sp³-hybridized carbons (Fsp3) is 0.172. The maximum Gasteiger partial charge on any atom is 0.259 e. The van der Waals surface area contributed by atoms with Crippen LogP contribution in [0.15, 0.2) is 83.9 Å². The highest BCUT2D eigenvalue weighted by atomic mass is 32.1. The van der Waals surface area contributed by atoms with Crippen molar-refractivity contribution < 1.29 is 13.9 Å². The SMILES string of the molecule is O=C(Nc1ccccc1)c1c(N=Cc2ccc(OCc3ccccc3F)cc2)sc2c1CCCC2. The molecule has 0 spiro atoms. The van der Waals surface area contributed by atoms with Crippen molar-refractivity contribution in [3.8, 4) is 5.75 Å². The summed E-state index contributed by atoms with van der Waals surface area (Å²) in [6.45, 7) is 0.167. The molecule has 1 aromatic heterocycles. The van der Waals surface area contributed by atoms with Crippen molar-refractivity contribution in [1.29, 1.82) is 0 Å². The average Bonchev–Trinajstić information content (AvgIpc) is 3.27. The molecule has 1 N–H and O–H groups in total. The normalized spacial score (nSPS) is 12.9. The molecule has 0 aliphatic heterocycles. The van der Waals surface area contributed by atoms with Crippen LogP contribution in [-0.2, 0) is 19.4 Å². The van der Waals surface area contributed by atoms with Gasteiger partial charge in [-0.1, -0.05) is 36.4 Å². The van der Waals surface area contributed by atoms with Crippen molar-refractivity contribution >= 4 is 34.1 Å². The van der Waals surface area contributed by atoms with Gasteiger partial charge in [0.05, 0.1) is 5.56 Å². The highest BCUT2D eigenvalue weighted by Gasteiger charge is 2.25. The molecule has 1 aliphatic rings. The molecule has 0 bridgehead atoms. The summed E-state index contributed by atoms with van der Waals surface area (Å²) in [5.41, 5.74) is 4.01. The van der Waals surface area contributed by atoms with Crippen LogP contribution in [0.3, 0.4) is 0 Å². The number of hydrogen-bond acceptors (Lipinski definition) is 4. The number of rotatable bonds is 7. The van der Waals surface area contributed by atoms with Crippen molar-refractivity contribution in [3.63, 3.8) is 0 Å². The molecule has 176 valence electrons. The van der Waals surface area contributed by atoms with Gasteiger partial charge >= 0.3 is 0 Å². The molecule has 6 heteroatoms. The number of hydrogen-bond donors (Lipinski definition) is 1. The molecule has 35 heavy (non-hydrogen) atoms. The van der Waals surface area contributed by atoms with Gasteiger partial charge in [0.2, 0.25) is 0 Å². The second kappa shape index (κ2) is 10.7. The van der Waals surface area contributed by atoms with Gasteiger partial charge in [0, 0.05) is 22.3 Å². The number of anilines is 1. The first-order valence-electron chi connectivity index (χ1n) is 11.7. The molecular weight excluding hydrogens is 459 g/mol. The second-order valence-electron chi connectivity index (χ2n) is 8.42. The van der Waals surface area contributed by atoms with E-state index in [1.54, 1.807) is 35.8 Å². The van der Waals surface area contributed by atoms with Crippen molar-refractivity contribution in [2.24, 2.45) is 4.99 Å². The van der Waals surface area contributed by atoms with Crippen LogP contribution < -0.4 is 10.1 Å². The minimum absolute atomic E-state index is 0.111. The topological polar surface area (TPSA) is 50.7 Å². The summed E-state index contributed by atoms with van der Waals surface area (Å²) in [6.07, 6.45) is 5.91. The van der Waals surface area contributed by atoms with E-state index in [0.29, 0.717) is 16.9 Å². The number of aliphatic imine (C=N–C) groups is 1. The number of carbonyl (C=O) groups is 1. The van der Waals surface area contributed by atoms with Crippen molar-refractivity contribution in [3.05, 3.63) is 112 Å². The fourth-order valence-electron chi connectivity index (χ4n) is 4.15. The quantitative estimate of drug-likeness (QED) is 0.279. The molecule has 0 fully saturated rings. The number of carbonyl (C=O) groups excluding carboxylic acids is 1. The van der Waals surface area contributed by atoms with Crippen LogP contribution in [0.25, 0.3) is 0 Å². The van der Waals surface area contributed by atoms with E-state index in [4.69, 9.17) is 9.73 Å². The monoisotopic (exact) mass is 484 g/mol.